The Bertz CT molecular complexity index is 771. The van der Waals surface area contributed by atoms with Gasteiger partial charge < -0.3 is 14.3 Å². The van der Waals surface area contributed by atoms with Crippen LogP contribution >= 0.6 is 0 Å². The number of nitrogens with zero attached hydrogens (tertiary/aromatic N) is 4. The molecular weight excluding hydrogens is 334 g/mol. The molecule has 3 heterocycles. The van der Waals surface area contributed by atoms with Crippen molar-refractivity contribution in [3.8, 4) is 0 Å². The molecule has 0 aromatic carbocycles. The molecule has 1 saturated heterocycles. The van der Waals surface area contributed by atoms with Gasteiger partial charge in [0.2, 0.25) is 0 Å². The maximum Gasteiger partial charge on any atom is 0.276 e. The van der Waals surface area contributed by atoms with Crippen molar-refractivity contribution < 1.29 is 14.1 Å². The number of aromatic nitrogens is 3. The molecule has 0 atom stereocenters. The maximum absolute atomic E-state index is 12.6. The number of hydrogen-bond acceptors (Lipinski definition) is 5. The van der Waals surface area contributed by atoms with Gasteiger partial charge in [0.1, 0.15) is 5.76 Å². The first-order chi connectivity index (χ1) is 12.5. The van der Waals surface area contributed by atoms with Crippen molar-refractivity contribution >= 4 is 11.8 Å². The first-order valence-corrected chi connectivity index (χ1v) is 9.01. The van der Waals surface area contributed by atoms with E-state index in [0.717, 1.165) is 37.1 Å². The Hall–Kier alpha value is -2.64. The minimum atomic E-state index is -0.0937. The van der Waals surface area contributed by atoms with Gasteiger partial charge in [0.15, 0.2) is 5.69 Å². The van der Waals surface area contributed by atoms with Crippen LogP contribution in [0.4, 0.5) is 0 Å². The molecule has 1 N–H and O–H groups in total. The fourth-order valence-corrected chi connectivity index (χ4v) is 3.33. The Morgan fingerprint density at radius 3 is 2.73 bits per heavy atom. The van der Waals surface area contributed by atoms with E-state index in [9.17, 15) is 9.59 Å². The van der Waals surface area contributed by atoms with E-state index in [1.807, 2.05) is 0 Å². The van der Waals surface area contributed by atoms with Crippen LogP contribution in [0.15, 0.2) is 16.8 Å². The van der Waals surface area contributed by atoms with Gasteiger partial charge in [0, 0.05) is 45.6 Å². The van der Waals surface area contributed by atoms with E-state index in [-0.39, 0.29) is 17.7 Å². The van der Waals surface area contributed by atoms with Crippen molar-refractivity contribution in [2.45, 2.75) is 38.5 Å². The Labute approximate surface area is 152 Å². The monoisotopic (exact) mass is 359 g/mol. The van der Waals surface area contributed by atoms with Crippen molar-refractivity contribution in [2.24, 2.45) is 0 Å². The number of carbonyl (C=O) groups is 2. The third-order valence-electron chi connectivity index (χ3n) is 4.77. The standard InChI is InChI=1S/C18H25N5O3/c1-4-5-13-10-15(21-26-13)18(25)23-8-6-12(7-9-23)16-14(11-19-20-16)17(24)22(2)3/h10-12H,4-9H2,1-3H3,(H,19,20). The van der Waals surface area contributed by atoms with Gasteiger partial charge in [0.05, 0.1) is 17.5 Å². The number of hydrogen-bond donors (Lipinski definition) is 1. The Morgan fingerprint density at radius 1 is 1.35 bits per heavy atom. The summed E-state index contributed by atoms with van der Waals surface area (Å²) >= 11 is 0. The molecule has 140 valence electrons. The van der Waals surface area contributed by atoms with Crippen LogP contribution in [0.3, 0.4) is 0 Å². The van der Waals surface area contributed by atoms with Gasteiger partial charge in [-0.2, -0.15) is 5.10 Å². The van der Waals surface area contributed by atoms with E-state index in [4.69, 9.17) is 4.52 Å². The van der Waals surface area contributed by atoms with Crippen LogP contribution in [-0.2, 0) is 6.42 Å². The zero-order valence-corrected chi connectivity index (χ0v) is 15.5. The molecule has 8 nitrogen and oxygen atoms in total. The number of piperidine rings is 1. The molecule has 0 spiro atoms. The zero-order valence-electron chi connectivity index (χ0n) is 15.5. The second kappa shape index (κ2) is 7.72. The van der Waals surface area contributed by atoms with E-state index >= 15 is 0 Å². The first-order valence-electron chi connectivity index (χ1n) is 9.01. The highest BCUT2D eigenvalue weighted by atomic mass is 16.5. The van der Waals surface area contributed by atoms with E-state index < -0.39 is 0 Å². The molecule has 8 heteroatoms. The molecule has 26 heavy (non-hydrogen) atoms. The predicted octanol–water partition coefficient (Wildman–Crippen LogP) is 2.07. The maximum atomic E-state index is 12.6. The summed E-state index contributed by atoms with van der Waals surface area (Å²) in [6, 6.07) is 1.74. The van der Waals surface area contributed by atoms with Gasteiger partial charge in [0.25, 0.3) is 11.8 Å². The van der Waals surface area contributed by atoms with E-state index in [1.165, 1.54) is 0 Å². The molecule has 1 aliphatic heterocycles. The van der Waals surface area contributed by atoms with Crippen LogP contribution in [0.25, 0.3) is 0 Å². The lowest BCUT2D eigenvalue weighted by Crippen LogP contribution is -2.38. The lowest BCUT2D eigenvalue weighted by molar-refractivity contribution is 0.0698. The normalized spacial score (nSPS) is 15.3. The Morgan fingerprint density at radius 2 is 2.08 bits per heavy atom. The summed E-state index contributed by atoms with van der Waals surface area (Å²) in [5.74, 6) is 0.783. The van der Waals surface area contributed by atoms with Crippen molar-refractivity contribution in [1.29, 1.82) is 0 Å². The third-order valence-corrected chi connectivity index (χ3v) is 4.77. The molecule has 0 radical (unpaired) electrons. The molecule has 1 fully saturated rings. The highest BCUT2D eigenvalue weighted by Crippen LogP contribution is 2.29. The van der Waals surface area contributed by atoms with Crippen molar-refractivity contribution in [2.75, 3.05) is 27.2 Å². The van der Waals surface area contributed by atoms with Crippen molar-refractivity contribution in [3.63, 3.8) is 0 Å². The van der Waals surface area contributed by atoms with Gasteiger partial charge in [-0.15, -0.1) is 0 Å². The van der Waals surface area contributed by atoms with Crippen LogP contribution in [0.5, 0.6) is 0 Å². The number of carbonyl (C=O) groups excluding carboxylic acids is 2. The molecule has 1 aliphatic rings. The Balaban J connectivity index is 1.63. The minimum Gasteiger partial charge on any atom is -0.361 e. The summed E-state index contributed by atoms with van der Waals surface area (Å²) in [6.45, 7) is 3.29. The number of amides is 2. The van der Waals surface area contributed by atoms with Crippen LogP contribution in [0.1, 0.15) is 64.4 Å². The van der Waals surface area contributed by atoms with Gasteiger partial charge in [-0.1, -0.05) is 12.1 Å². The van der Waals surface area contributed by atoms with Crippen molar-refractivity contribution in [3.05, 3.63) is 35.0 Å². The summed E-state index contributed by atoms with van der Waals surface area (Å²) in [5.41, 5.74) is 1.85. The largest absolute Gasteiger partial charge is 0.361 e. The molecule has 3 rings (SSSR count). The zero-order chi connectivity index (χ0) is 18.7. The van der Waals surface area contributed by atoms with Crippen LogP contribution < -0.4 is 0 Å². The summed E-state index contributed by atoms with van der Waals surface area (Å²) in [5, 5.41) is 10.9. The lowest BCUT2D eigenvalue weighted by Gasteiger charge is -2.31. The first kappa shape index (κ1) is 18.2. The second-order valence-electron chi connectivity index (χ2n) is 6.89. The summed E-state index contributed by atoms with van der Waals surface area (Å²) in [6.07, 6.45) is 4.87. The molecule has 0 bridgehead atoms. The number of aromatic amines is 1. The van der Waals surface area contributed by atoms with Crippen LogP contribution in [-0.4, -0.2) is 64.2 Å². The molecule has 2 aromatic rings. The third kappa shape index (κ3) is 3.63. The number of H-pyrrole nitrogens is 1. The fraction of sp³-hybridized carbons (Fsp3) is 0.556. The molecule has 2 aromatic heterocycles. The highest BCUT2D eigenvalue weighted by Gasteiger charge is 2.29. The highest BCUT2D eigenvalue weighted by molar-refractivity contribution is 5.95. The average molecular weight is 359 g/mol. The number of aryl methyl sites for hydroxylation is 1. The van der Waals surface area contributed by atoms with Gasteiger partial charge in [-0.25, -0.2) is 0 Å². The minimum absolute atomic E-state index is 0.0571. The van der Waals surface area contributed by atoms with Crippen LogP contribution in [0.2, 0.25) is 0 Å². The summed E-state index contributed by atoms with van der Waals surface area (Å²) in [7, 11) is 3.45. The quantitative estimate of drug-likeness (QED) is 0.882. The number of rotatable bonds is 5. The smallest absolute Gasteiger partial charge is 0.276 e. The Kier molecular flexibility index (Phi) is 5.39. The lowest BCUT2D eigenvalue weighted by atomic mass is 9.91. The van der Waals surface area contributed by atoms with E-state index in [2.05, 4.69) is 22.3 Å². The summed E-state index contributed by atoms with van der Waals surface area (Å²) in [4.78, 5) is 28.2. The second-order valence-corrected chi connectivity index (χ2v) is 6.89. The number of nitrogens with one attached hydrogen (secondary N) is 1. The molecule has 2 amide bonds. The summed E-state index contributed by atoms with van der Waals surface area (Å²) < 4.78 is 5.21. The topological polar surface area (TPSA) is 95.3 Å². The van der Waals surface area contributed by atoms with Gasteiger partial charge >= 0.3 is 0 Å². The molecule has 0 saturated carbocycles. The van der Waals surface area contributed by atoms with E-state index in [1.54, 1.807) is 36.2 Å². The molecule has 0 aliphatic carbocycles. The van der Waals surface area contributed by atoms with Crippen LogP contribution in [0, 0.1) is 0 Å². The average Bonchev–Trinajstić information content (AvgIpc) is 3.30. The fourth-order valence-electron chi connectivity index (χ4n) is 3.33. The SMILES string of the molecule is CCCc1cc(C(=O)N2CCC(c3[nH]ncc3C(=O)N(C)C)CC2)no1. The van der Waals surface area contributed by atoms with E-state index in [0.29, 0.717) is 24.3 Å². The van der Waals surface area contributed by atoms with Gasteiger partial charge in [-0.05, 0) is 19.3 Å². The van der Waals surface area contributed by atoms with Gasteiger partial charge in [-0.3, -0.25) is 14.7 Å². The molecule has 0 unspecified atom stereocenters. The van der Waals surface area contributed by atoms with Crippen molar-refractivity contribution in [1.82, 2.24) is 25.2 Å². The predicted molar refractivity (Wildman–Crippen MR) is 95.0 cm³/mol. The number of likely N-dealkylation sites (tertiary alicyclic amines) is 1. The molecular formula is C18H25N5O3.